The number of rotatable bonds is 15. The maximum atomic E-state index is 14.8. The molecule has 5 unspecified atom stereocenters. The number of likely N-dealkylation sites (N-methyl/N-ethyl adjacent to an activating group) is 7. The lowest BCUT2D eigenvalue weighted by atomic mass is 9.93. The highest BCUT2D eigenvalue weighted by atomic mass is 16.3. The summed E-state index contributed by atoms with van der Waals surface area (Å²) in [5.74, 6) is -8.03. The molecule has 78 heavy (non-hydrogen) atoms. The van der Waals surface area contributed by atoms with Crippen LogP contribution in [0, 0.1) is 35.5 Å². The van der Waals surface area contributed by atoms with Crippen molar-refractivity contribution in [1.82, 2.24) is 55.6 Å². The Morgan fingerprint density at radius 3 is 1.47 bits per heavy atom. The van der Waals surface area contributed by atoms with E-state index in [0.29, 0.717) is 19.3 Å². The number of aliphatic hydroxyl groups excluding tert-OH is 1. The predicted octanol–water partition coefficient (Wildman–Crippen LogP) is 2.88. The second-order valence-corrected chi connectivity index (χ2v) is 23.4. The number of hydrogen-bond acceptors (Lipinski definition) is 12. The summed E-state index contributed by atoms with van der Waals surface area (Å²) in [7, 11) is 9.56. The molecule has 0 aromatic carbocycles. The topological polar surface area (TPSA) is 279 Å². The van der Waals surface area contributed by atoms with E-state index in [0.717, 1.165) is 24.5 Å². The van der Waals surface area contributed by atoms with Gasteiger partial charge >= 0.3 is 12.1 Å². The average molecular weight is 1110 g/mol. The summed E-state index contributed by atoms with van der Waals surface area (Å²) in [6.45, 7) is 22.2. The molecular weight excluding hydrogens is 1010 g/mol. The largest absolute Gasteiger partial charge is 0.396 e. The Balaban J connectivity index is 4.14. The first kappa shape index (κ1) is 70.1. The van der Waals surface area contributed by atoms with Crippen molar-refractivity contribution in [2.45, 2.75) is 190 Å². The Morgan fingerprint density at radius 2 is 0.987 bits per heavy atom. The van der Waals surface area contributed by atoms with E-state index in [-0.39, 0.29) is 62.4 Å². The van der Waals surface area contributed by atoms with Gasteiger partial charge in [-0.3, -0.25) is 53.4 Å². The second kappa shape index (κ2) is 32.3. The van der Waals surface area contributed by atoms with Crippen molar-refractivity contribution in [2.24, 2.45) is 35.5 Å². The van der Waals surface area contributed by atoms with E-state index < -0.39 is 132 Å². The quantitative estimate of drug-likeness (QED) is 0.148. The Labute approximate surface area is 465 Å². The van der Waals surface area contributed by atoms with Gasteiger partial charge in [0.15, 0.2) is 0 Å². The van der Waals surface area contributed by atoms with Gasteiger partial charge in [0, 0.05) is 55.9 Å². The van der Waals surface area contributed by atoms with Crippen LogP contribution in [-0.2, 0) is 43.2 Å². The van der Waals surface area contributed by atoms with Crippen LogP contribution in [0.5, 0.6) is 0 Å². The number of amides is 13. The summed E-state index contributed by atoms with van der Waals surface area (Å²) in [4.78, 5) is 165. The molecule has 0 saturated carbocycles. The Hall–Kier alpha value is -5.87. The fourth-order valence-corrected chi connectivity index (χ4v) is 9.65. The monoisotopic (exact) mass is 1110 g/mol. The summed E-state index contributed by atoms with van der Waals surface area (Å²) in [5.41, 5.74) is 0. The SMILES string of the molecule is CCC1NC(=O)C(C[C@H](C)CCCCO)N(C)C(=O)C(C(C)C)N(C)C(=O)N(C)C(=O)[C@@H](CC(C)C)N(C)C(=O)[C@@H](C)NC(=O)NC(=O)C(CC(C)C)N(C)C(=O)C(C(C)C)NC(=O)[C@H](CC(C)C)N(C)C(=O)CN(C)C1=O. The van der Waals surface area contributed by atoms with Gasteiger partial charge in [0.05, 0.1) is 6.54 Å². The van der Waals surface area contributed by atoms with Crippen LogP contribution in [0.25, 0.3) is 0 Å². The minimum Gasteiger partial charge on any atom is -0.396 e. The lowest BCUT2D eigenvalue weighted by Crippen LogP contribution is -2.61. The van der Waals surface area contributed by atoms with Gasteiger partial charge < -0.3 is 50.5 Å². The van der Waals surface area contributed by atoms with Gasteiger partial charge in [-0.25, -0.2) is 9.59 Å². The molecule has 1 saturated heterocycles. The predicted molar refractivity (Wildman–Crippen MR) is 297 cm³/mol. The van der Waals surface area contributed by atoms with Crippen LogP contribution in [0.15, 0.2) is 0 Å². The first-order chi connectivity index (χ1) is 36.1. The zero-order valence-electron chi connectivity index (χ0n) is 50.7. The highest BCUT2D eigenvalue weighted by Crippen LogP contribution is 2.24. The van der Waals surface area contributed by atoms with Crippen molar-refractivity contribution >= 4 is 65.2 Å². The van der Waals surface area contributed by atoms with Crippen molar-refractivity contribution in [1.29, 1.82) is 0 Å². The van der Waals surface area contributed by atoms with Gasteiger partial charge in [0.2, 0.25) is 41.4 Å². The molecule has 23 nitrogen and oxygen atoms in total. The van der Waals surface area contributed by atoms with Crippen molar-refractivity contribution in [3.63, 3.8) is 0 Å². The van der Waals surface area contributed by atoms with Crippen molar-refractivity contribution in [3.8, 4) is 0 Å². The van der Waals surface area contributed by atoms with E-state index in [2.05, 4.69) is 21.3 Å². The molecule has 446 valence electrons. The molecule has 0 aromatic rings. The molecule has 0 radical (unpaired) electrons. The number of hydrogen-bond donors (Lipinski definition) is 5. The molecule has 0 aliphatic carbocycles. The van der Waals surface area contributed by atoms with E-state index in [1.807, 2.05) is 48.5 Å². The molecule has 1 fully saturated rings. The summed E-state index contributed by atoms with van der Waals surface area (Å²) in [6, 6.07) is -11.7. The summed E-state index contributed by atoms with van der Waals surface area (Å²) in [6.07, 6.45) is 2.30. The van der Waals surface area contributed by atoms with Gasteiger partial charge in [-0.05, 0) is 81.0 Å². The van der Waals surface area contributed by atoms with E-state index in [9.17, 15) is 57.8 Å². The van der Waals surface area contributed by atoms with Crippen LogP contribution in [0.3, 0.4) is 0 Å². The summed E-state index contributed by atoms with van der Waals surface area (Å²) in [5, 5.41) is 19.8. The average Bonchev–Trinajstić information content (AvgIpc) is 3.35. The van der Waals surface area contributed by atoms with E-state index in [4.69, 9.17) is 0 Å². The van der Waals surface area contributed by atoms with Gasteiger partial charge in [-0.2, -0.15) is 0 Å². The first-order valence-electron chi connectivity index (χ1n) is 27.8. The molecule has 0 spiro atoms. The highest BCUT2D eigenvalue weighted by molar-refractivity contribution is 6.03. The molecule has 0 bridgehead atoms. The van der Waals surface area contributed by atoms with Crippen LogP contribution in [-0.4, -0.2) is 215 Å². The third-order valence-electron chi connectivity index (χ3n) is 14.5. The molecule has 9 atom stereocenters. The normalized spacial score (nSPS) is 25.4. The minimum absolute atomic E-state index is 0.0282. The number of imide groups is 2. The van der Waals surface area contributed by atoms with E-state index >= 15 is 0 Å². The Kier molecular flexibility index (Phi) is 29.0. The van der Waals surface area contributed by atoms with Crippen LogP contribution in [0.2, 0.25) is 0 Å². The maximum Gasteiger partial charge on any atom is 0.326 e. The van der Waals surface area contributed by atoms with Crippen LogP contribution in [0.1, 0.15) is 141 Å². The van der Waals surface area contributed by atoms with Gasteiger partial charge in [-0.1, -0.05) is 95.9 Å². The standard InChI is InChI=1S/C55H99N11O12/c1-21-38-50(73)60(14)30-43(68)61(15)39(26-31(2)3)47(70)58-44(34(8)9)52(75)62(16)40(27-32(4)5)48(71)59-54(77)56-37(13)49(72)64(18)42(28-33(6)7)51(74)66(20)55(78)65(19)45(35(10)11)53(76)63(17)41(46(69)57-38)29-36(12)24-22-23-25-67/h31-42,44-45,67H,21-30H2,1-20H3,(H,57,69)(H,58,70)(H2,56,59,71,77)/t36-,37-,38?,39+,40?,41?,42-,44?,45?/m1/s1. The Bertz CT molecular complexity index is 2080. The molecule has 23 heteroatoms. The number of nitrogens with one attached hydrogen (secondary N) is 4. The van der Waals surface area contributed by atoms with Crippen LogP contribution < -0.4 is 21.3 Å². The number of unbranched alkanes of at least 4 members (excludes halogenated alkanes) is 1. The molecule has 5 N–H and O–H groups in total. The number of aliphatic hydroxyl groups is 1. The lowest BCUT2D eigenvalue weighted by molar-refractivity contribution is -0.147. The number of carbonyl (C=O) groups excluding carboxylic acids is 11. The fourth-order valence-electron chi connectivity index (χ4n) is 9.65. The zero-order chi connectivity index (χ0) is 60.4. The second-order valence-electron chi connectivity index (χ2n) is 23.4. The van der Waals surface area contributed by atoms with Gasteiger partial charge in [0.25, 0.3) is 11.8 Å². The number of carbonyl (C=O) groups is 11. The molecule has 1 aliphatic rings. The van der Waals surface area contributed by atoms with E-state index in [1.54, 1.807) is 34.6 Å². The number of urea groups is 2. The lowest BCUT2D eigenvalue weighted by Gasteiger charge is -2.39. The Morgan fingerprint density at radius 1 is 0.513 bits per heavy atom. The molecule has 1 rings (SSSR count). The van der Waals surface area contributed by atoms with Crippen LogP contribution in [0.4, 0.5) is 9.59 Å². The summed E-state index contributed by atoms with van der Waals surface area (Å²) < 4.78 is 0. The summed E-state index contributed by atoms with van der Waals surface area (Å²) >= 11 is 0. The van der Waals surface area contributed by atoms with Gasteiger partial charge in [0.1, 0.15) is 48.3 Å². The highest BCUT2D eigenvalue weighted by Gasteiger charge is 2.43. The zero-order valence-corrected chi connectivity index (χ0v) is 50.7. The number of nitrogens with zero attached hydrogens (tertiary/aromatic N) is 7. The molecule has 0 aromatic heterocycles. The third kappa shape index (κ3) is 20.1. The van der Waals surface area contributed by atoms with Gasteiger partial charge in [-0.15, -0.1) is 0 Å². The molecule has 1 heterocycles. The maximum absolute atomic E-state index is 14.8. The van der Waals surface area contributed by atoms with Crippen LogP contribution >= 0.6 is 0 Å². The van der Waals surface area contributed by atoms with Crippen molar-refractivity contribution < 1.29 is 57.8 Å². The molecule has 1 aliphatic heterocycles. The van der Waals surface area contributed by atoms with Crippen molar-refractivity contribution in [3.05, 3.63) is 0 Å². The fraction of sp³-hybridized carbons (Fsp3) is 0.800. The first-order valence-corrected chi connectivity index (χ1v) is 27.8. The minimum atomic E-state index is -1.32. The molecule has 13 amide bonds. The smallest absolute Gasteiger partial charge is 0.326 e. The van der Waals surface area contributed by atoms with E-state index in [1.165, 1.54) is 66.1 Å². The molecular formula is C55H99N11O12. The third-order valence-corrected chi connectivity index (χ3v) is 14.5. The van der Waals surface area contributed by atoms with Crippen molar-refractivity contribution in [2.75, 3.05) is 62.5 Å².